The SMILES string of the molecule is CC(NS(=O)(=O)c1cnn(C)c1)C(=O)NCCc1ccc(N)cc1. The highest BCUT2D eigenvalue weighted by molar-refractivity contribution is 7.89. The first-order chi connectivity index (χ1) is 11.3. The van der Waals surface area contributed by atoms with Crippen molar-refractivity contribution in [2.45, 2.75) is 24.3 Å². The zero-order valence-electron chi connectivity index (χ0n) is 13.6. The molecule has 1 unspecified atom stereocenters. The minimum Gasteiger partial charge on any atom is -0.399 e. The van der Waals surface area contributed by atoms with Crippen LogP contribution in [0.15, 0.2) is 41.6 Å². The van der Waals surface area contributed by atoms with Crippen LogP contribution >= 0.6 is 0 Å². The van der Waals surface area contributed by atoms with E-state index in [-0.39, 0.29) is 4.90 Å². The molecule has 0 aliphatic rings. The molecule has 0 fully saturated rings. The third-order valence-corrected chi connectivity index (χ3v) is 4.90. The number of benzene rings is 1. The van der Waals surface area contributed by atoms with E-state index in [1.54, 1.807) is 19.2 Å². The third kappa shape index (κ3) is 4.80. The Balaban J connectivity index is 1.84. The molecule has 0 bridgehead atoms. The highest BCUT2D eigenvalue weighted by Gasteiger charge is 2.22. The normalized spacial score (nSPS) is 12.8. The second-order valence-electron chi connectivity index (χ2n) is 5.48. The van der Waals surface area contributed by atoms with Gasteiger partial charge in [-0.25, -0.2) is 8.42 Å². The van der Waals surface area contributed by atoms with Gasteiger partial charge in [-0.3, -0.25) is 9.48 Å². The van der Waals surface area contributed by atoms with Crippen LogP contribution in [0.4, 0.5) is 5.69 Å². The Bertz CT molecular complexity index is 799. The Labute approximate surface area is 141 Å². The lowest BCUT2D eigenvalue weighted by atomic mass is 10.1. The van der Waals surface area contributed by atoms with Crippen LogP contribution < -0.4 is 15.8 Å². The number of nitrogen functional groups attached to an aromatic ring is 1. The molecule has 9 heteroatoms. The van der Waals surface area contributed by atoms with Crippen LogP contribution in [-0.2, 0) is 28.3 Å². The smallest absolute Gasteiger partial charge is 0.244 e. The molecule has 0 radical (unpaired) electrons. The highest BCUT2D eigenvalue weighted by atomic mass is 32.2. The number of carbonyl (C=O) groups excluding carboxylic acids is 1. The van der Waals surface area contributed by atoms with Crippen molar-refractivity contribution in [3.05, 3.63) is 42.2 Å². The lowest BCUT2D eigenvalue weighted by Crippen LogP contribution is -2.45. The zero-order chi connectivity index (χ0) is 17.7. The Hall–Kier alpha value is -2.39. The minimum absolute atomic E-state index is 0.0199. The van der Waals surface area contributed by atoms with Crippen molar-refractivity contribution in [3.63, 3.8) is 0 Å². The Morgan fingerprint density at radius 3 is 2.58 bits per heavy atom. The van der Waals surface area contributed by atoms with E-state index < -0.39 is 22.0 Å². The average Bonchev–Trinajstić information content (AvgIpc) is 2.96. The summed E-state index contributed by atoms with van der Waals surface area (Å²) in [5.41, 5.74) is 7.33. The molecule has 0 spiro atoms. The first-order valence-electron chi connectivity index (χ1n) is 7.41. The third-order valence-electron chi connectivity index (χ3n) is 3.41. The highest BCUT2D eigenvalue weighted by Crippen LogP contribution is 2.07. The van der Waals surface area contributed by atoms with Gasteiger partial charge in [0, 0.05) is 25.5 Å². The average molecular weight is 351 g/mol. The van der Waals surface area contributed by atoms with Crippen molar-refractivity contribution in [1.82, 2.24) is 19.8 Å². The lowest BCUT2D eigenvalue weighted by Gasteiger charge is -2.13. The fourth-order valence-corrected chi connectivity index (χ4v) is 3.25. The molecule has 1 atom stereocenters. The number of aryl methyl sites for hydroxylation is 1. The first-order valence-corrected chi connectivity index (χ1v) is 8.89. The fourth-order valence-electron chi connectivity index (χ4n) is 2.06. The second kappa shape index (κ2) is 7.45. The van der Waals surface area contributed by atoms with Crippen molar-refractivity contribution in [1.29, 1.82) is 0 Å². The number of nitrogens with two attached hydrogens (primary N) is 1. The summed E-state index contributed by atoms with van der Waals surface area (Å²) in [5, 5.41) is 6.52. The number of sulfonamides is 1. The van der Waals surface area contributed by atoms with E-state index in [0.717, 1.165) is 5.56 Å². The molecule has 1 heterocycles. The summed E-state index contributed by atoms with van der Waals surface area (Å²) in [5.74, 6) is -0.391. The summed E-state index contributed by atoms with van der Waals surface area (Å²) in [6, 6.07) is 6.47. The molecule has 4 N–H and O–H groups in total. The number of amides is 1. The maximum atomic E-state index is 12.1. The van der Waals surface area contributed by atoms with Crippen molar-refractivity contribution in [2.24, 2.45) is 7.05 Å². The van der Waals surface area contributed by atoms with Crippen molar-refractivity contribution in [3.8, 4) is 0 Å². The first kappa shape index (κ1) is 18.0. The van der Waals surface area contributed by atoms with Crippen LogP contribution in [0.5, 0.6) is 0 Å². The number of hydrogen-bond donors (Lipinski definition) is 3. The Morgan fingerprint density at radius 1 is 1.33 bits per heavy atom. The van der Waals surface area contributed by atoms with Gasteiger partial charge in [0.15, 0.2) is 0 Å². The molecule has 0 saturated heterocycles. The van der Waals surface area contributed by atoms with E-state index >= 15 is 0 Å². The summed E-state index contributed by atoms with van der Waals surface area (Å²) in [6.45, 7) is 1.90. The fraction of sp³-hybridized carbons (Fsp3) is 0.333. The summed E-state index contributed by atoms with van der Waals surface area (Å²) in [4.78, 5) is 12.0. The molecule has 1 aromatic carbocycles. The van der Waals surface area contributed by atoms with E-state index in [9.17, 15) is 13.2 Å². The van der Waals surface area contributed by atoms with Gasteiger partial charge in [0.2, 0.25) is 15.9 Å². The van der Waals surface area contributed by atoms with Gasteiger partial charge in [-0.2, -0.15) is 9.82 Å². The predicted octanol–water partition coefficient (Wildman–Crippen LogP) is 0.0280. The predicted molar refractivity (Wildman–Crippen MR) is 90.6 cm³/mol. The van der Waals surface area contributed by atoms with Gasteiger partial charge < -0.3 is 11.1 Å². The molecule has 0 saturated carbocycles. The second-order valence-corrected chi connectivity index (χ2v) is 7.19. The van der Waals surface area contributed by atoms with E-state index in [1.807, 2.05) is 12.1 Å². The van der Waals surface area contributed by atoms with Gasteiger partial charge >= 0.3 is 0 Å². The summed E-state index contributed by atoms with van der Waals surface area (Å²) < 4.78 is 28.0. The summed E-state index contributed by atoms with van der Waals surface area (Å²) in [6.07, 6.45) is 3.23. The van der Waals surface area contributed by atoms with Crippen LogP contribution in [0, 0.1) is 0 Å². The van der Waals surface area contributed by atoms with Crippen molar-refractivity contribution in [2.75, 3.05) is 12.3 Å². The molecule has 0 aliphatic heterocycles. The largest absolute Gasteiger partial charge is 0.399 e. The van der Waals surface area contributed by atoms with Gasteiger partial charge in [0.1, 0.15) is 4.90 Å². The van der Waals surface area contributed by atoms with Crippen LogP contribution in [0.3, 0.4) is 0 Å². The number of hydrogen-bond acceptors (Lipinski definition) is 5. The molecular formula is C15H21N5O3S. The van der Waals surface area contributed by atoms with Crippen LogP contribution in [0.25, 0.3) is 0 Å². The molecule has 8 nitrogen and oxygen atoms in total. The molecule has 1 aromatic heterocycles. The van der Waals surface area contributed by atoms with Gasteiger partial charge in [0.25, 0.3) is 0 Å². The quantitative estimate of drug-likeness (QED) is 0.608. The molecular weight excluding hydrogens is 330 g/mol. The number of anilines is 1. The van der Waals surface area contributed by atoms with Crippen molar-refractivity contribution < 1.29 is 13.2 Å². The molecule has 2 aromatic rings. The molecule has 2 rings (SSSR count). The van der Waals surface area contributed by atoms with Gasteiger partial charge in [0.05, 0.1) is 12.2 Å². The summed E-state index contributed by atoms with van der Waals surface area (Å²) >= 11 is 0. The van der Waals surface area contributed by atoms with Crippen LogP contribution in [0.1, 0.15) is 12.5 Å². The number of carbonyl (C=O) groups is 1. The maximum Gasteiger partial charge on any atom is 0.244 e. The lowest BCUT2D eigenvalue weighted by molar-refractivity contribution is -0.122. The standard InChI is InChI=1S/C15H21N5O3S/c1-11(19-24(22,23)14-9-18-20(2)10-14)15(21)17-8-7-12-3-5-13(16)6-4-12/h3-6,9-11,19H,7-8,16H2,1-2H3,(H,17,21). The van der Waals surface area contributed by atoms with Gasteiger partial charge in [-0.05, 0) is 31.0 Å². The molecule has 24 heavy (non-hydrogen) atoms. The number of aromatic nitrogens is 2. The van der Waals surface area contributed by atoms with Gasteiger partial charge in [-0.15, -0.1) is 0 Å². The summed E-state index contributed by atoms with van der Waals surface area (Å²) in [7, 11) is -2.16. The monoisotopic (exact) mass is 351 g/mol. The zero-order valence-corrected chi connectivity index (χ0v) is 14.4. The van der Waals surface area contributed by atoms with Crippen LogP contribution in [-0.4, -0.2) is 36.7 Å². The number of nitrogens with one attached hydrogen (secondary N) is 2. The maximum absolute atomic E-state index is 12.1. The molecule has 0 aliphatic carbocycles. The van der Waals surface area contributed by atoms with Crippen LogP contribution in [0.2, 0.25) is 0 Å². The number of nitrogens with zero attached hydrogens (tertiary/aromatic N) is 2. The Morgan fingerprint density at radius 2 is 2.00 bits per heavy atom. The Kier molecular flexibility index (Phi) is 5.58. The van der Waals surface area contributed by atoms with Crippen molar-refractivity contribution >= 4 is 21.6 Å². The van der Waals surface area contributed by atoms with E-state index in [4.69, 9.17) is 5.73 Å². The van der Waals surface area contributed by atoms with Gasteiger partial charge in [-0.1, -0.05) is 12.1 Å². The topological polar surface area (TPSA) is 119 Å². The number of rotatable bonds is 7. The van der Waals surface area contributed by atoms with E-state index in [0.29, 0.717) is 18.7 Å². The minimum atomic E-state index is -3.77. The molecule has 1 amide bonds. The van der Waals surface area contributed by atoms with E-state index in [1.165, 1.54) is 24.0 Å². The van der Waals surface area contributed by atoms with E-state index in [2.05, 4.69) is 15.1 Å². The molecule has 130 valence electrons.